The number of nitrogens with zero attached hydrogens (tertiary/aromatic N) is 3. The number of H-pyrrole nitrogens is 1. The first-order valence-electron chi connectivity index (χ1n) is 12.7. The molecule has 3 heterocycles. The molecule has 1 unspecified atom stereocenters. The van der Waals surface area contributed by atoms with Gasteiger partial charge in [0.15, 0.2) is 0 Å². The molecule has 1 aromatic heterocycles. The second kappa shape index (κ2) is 9.57. The summed E-state index contributed by atoms with van der Waals surface area (Å²) in [6.45, 7) is 9.40. The molecule has 2 aliphatic rings. The first-order valence-corrected chi connectivity index (χ1v) is 12.7. The maximum absolute atomic E-state index is 13.8. The number of nitrogens with one attached hydrogen (secondary N) is 1. The monoisotopic (exact) mass is 502 g/mol. The van der Waals surface area contributed by atoms with Crippen molar-refractivity contribution >= 4 is 12.0 Å². The van der Waals surface area contributed by atoms with E-state index in [1.54, 1.807) is 18.2 Å². The van der Waals surface area contributed by atoms with Crippen LogP contribution in [-0.2, 0) is 11.3 Å². The van der Waals surface area contributed by atoms with E-state index in [1.807, 2.05) is 62.2 Å². The number of rotatable bonds is 5. The lowest BCUT2D eigenvalue weighted by Crippen LogP contribution is -2.35. The van der Waals surface area contributed by atoms with Gasteiger partial charge in [-0.2, -0.15) is 5.10 Å². The van der Waals surface area contributed by atoms with Gasteiger partial charge < -0.3 is 19.3 Å². The summed E-state index contributed by atoms with van der Waals surface area (Å²) in [4.78, 5) is 30.2. The Morgan fingerprint density at radius 2 is 2.00 bits per heavy atom. The summed E-state index contributed by atoms with van der Waals surface area (Å²) in [5.74, 6) is 0.900. The molecule has 8 heteroatoms. The number of benzene rings is 2. The van der Waals surface area contributed by atoms with Crippen molar-refractivity contribution in [3.8, 4) is 16.9 Å². The maximum Gasteiger partial charge on any atom is 0.410 e. The molecule has 2 amide bonds. The van der Waals surface area contributed by atoms with Crippen molar-refractivity contribution < 1.29 is 19.1 Å². The summed E-state index contributed by atoms with van der Waals surface area (Å²) in [7, 11) is 1.65. The minimum Gasteiger partial charge on any atom is -0.497 e. The van der Waals surface area contributed by atoms with Gasteiger partial charge >= 0.3 is 6.09 Å². The van der Waals surface area contributed by atoms with Crippen molar-refractivity contribution in [3.63, 3.8) is 0 Å². The summed E-state index contributed by atoms with van der Waals surface area (Å²) in [6, 6.07) is 11.9. The first-order chi connectivity index (χ1) is 17.6. The number of aromatic amines is 1. The van der Waals surface area contributed by atoms with Crippen molar-refractivity contribution in [1.82, 2.24) is 20.0 Å². The Morgan fingerprint density at radius 3 is 2.70 bits per heavy atom. The number of aromatic nitrogens is 2. The Balaban J connectivity index is 1.48. The SMILES string of the molecule is COc1cccc([C@@H](C)N2Cc3c(cc(-c4cn[nH]c4)cc3C3CCN(C(=O)OC(C)(C)C)C3)C2=O)c1. The Kier molecular flexibility index (Phi) is 6.43. The summed E-state index contributed by atoms with van der Waals surface area (Å²) >= 11 is 0. The van der Waals surface area contributed by atoms with Crippen LogP contribution >= 0.6 is 0 Å². The Labute approximate surface area is 217 Å². The highest BCUT2D eigenvalue weighted by Gasteiger charge is 2.38. The molecule has 1 fully saturated rings. The second-order valence-corrected chi connectivity index (χ2v) is 10.9. The van der Waals surface area contributed by atoms with Crippen molar-refractivity contribution in [2.75, 3.05) is 20.2 Å². The van der Waals surface area contributed by atoms with E-state index in [4.69, 9.17) is 9.47 Å². The van der Waals surface area contributed by atoms with Crippen LogP contribution in [-0.4, -0.2) is 57.8 Å². The minimum absolute atomic E-state index is 0.0129. The molecule has 2 aromatic carbocycles. The molecular weight excluding hydrogens is 468 g/mol. The molecule has 1 N–H and O–H groups in total. The highest BCUT2D eigenvalue weighted by atomic mass is 16.6. The average Bonchev–Trinajstić information content (AvgIpc) is 3.63. The molecule has 2 atom stereocenters. The molecule has 0 bridgehead atoms. The molecule has 1 saturated heterocycles. The Morgan fingerprint density at radius 1 is 1.19 bits per heavy atom. The molecule has 194 valence electrons. The molecular formula is C29H34N4O4. The Hall–Kier alpha value is -3.81. The lowest BCUT2D eigenvalue weighted by atomic mass is 9.88. The average molecular weight is 503 g/mol. The van der Waals surface area contributed by atoms with Crippen LogP contribution in [0.3, 0.4) is 0 Å². The lowest BCUT2D eigenvalue weighted by Gasteiger charge is -2.25. The second-order valence-electron chi connectivity index (χ2n) is 10.9. The van der Waals surface area contributed by atoms with E-state index in [9.17, 15) is 9.59 Å². The van der Waals surface area contributed by atoms with Crippen LogP contribution in [0.15, 0.2) is 48.8 Å². The molecule has 37 heavy (non-hydrogen) atoms. The number of hydrogen-bond acceptors (Lipinski definition) is 5. The van der Waals surface area contributed by atoms with Gasteiger partial charge in [0.2, 0.25) is 0 Å². The van der Waals surface area contributed by atoms with Gasteiger partial charge in [0.25, 0.3) is 5.91 Å². The third kappa shape index (κ3) is 4.92. The quantitative estimate of drug-likeness (QED) is 0.496. The van der Waals surface area contributed by atoms with Crippen LogP contribution in [0.25, 0.3) is 11.1 Å². The largest absolute Gasteiger partial charge is 0.497 e. The molecule has 3 aromatic rings. The van der Waals surface area contributed by atoms with Crippen molar-refractivity contribution in [2.24, 2.45) is 0 Å². The molecule has 0 aliphatic carbocycles. The van der Waals surface area contributed by atoms with E-state index in [0.29, 0.717) is 19.6 Å². The highest BCUT2D eigenvalue weighted by molar-refractivity contribution is 6.00. The molecule has 0 spiro atoms. The maximum atomic E-state index is 13.8. The number of methoxy groups -OCH3 is 1. The Bertz CT molecular complexity index is 1310. The van der Waals surface area contributed by atoms with Gasteiger partial charge in [0, 0.05) is 42.9 Å². The normalized spacial score (nSPS) is 18.2. The van der Waals surface area contributed by atoms with E-state index in [2.05, 4.69) is 23.2 Å². The number of carbonyl (C=O) groups is 2. The van der Waals surface area contributed by atoms with E-state index in [0.717, 1.165) is 45.6 Å². The third-order valence-corrected chi connectivity index (χ3v) is 7.26. The first kappa shape index (κ1) is 24.9. The fourth-order valence-corrected chi connectivity index (χ4v) is 5.30. The fourth-order valence-electron chi connectivity index (χ4n) is 5.30. The van der Waals surface area contributed by atoms with E-state index in [1.165, 1.54) is 0 Å². The predicted octanol–water partition coefficient (Wildman–Crippen LogP) is 5.53. The molecule has 0 saturated carbocycles. The van der Waals surface area contributed by atoms with Crippen LogP contribution in [0.5, 0.6) is 5.75 Å². The molecule has 8 nitrogen and oxygen atoms in total. The zero-order valence-electron chi connectivity index (χ0n) is 22.1. The standard InChI is InChI=1S/C29H34N4O4/c1-18(19-7-6-8-23(11-19)36-5)33-17-26-24(20-9-10-32(16-20)28(35)37-29(2,3)4)12-21(13-25(26)27(33)34)22-14-30-31-15-22/h6-8,11-15,18,20H,9-10,16-17H2,1-5H3,(H,30,31)/t18-,20?/m1/s1. The van der Waals surface area contributed by atoms with Crippen LogP contribution in [0, 0.1) is 0 Å². The minimum atomic E-state index is -0.541. The van der Waals surface area contributed by atoms with Gasteiger partial charge in [-0.15, -0.1) is 0 Å². The van der Waals surface area contributed by atoms with Gasteiger partial charge in [0.1, 0.15) is 11.4 Å². The number of carbonyl (C=O) groups excluding carboxylic acids is 2. The van der Waals surface area contributed by atoms with Gasteiger partial charge in [-0.25, -0.2) is 4.79 Å². The van der Waals surface area contributed by atoms with Gasteiger partial charge in [-0.3, -0.25) is 9.89 Å². The molecule has 5 rings (SSSR count). The highest BCUT2D eigenvalue weighted by Crippen LogP contribution is 2.41. The third-order valence-electron chi connectivity index (χ3n) is 7.26. The summed E-state index contributed by atoms with van der Waals surface area (Å²) in [5.41, 5.74) is 5.24. The number of fused-ring (bicyclic) bond motifs is 1. The predicted molar refractivity (Wildman–Crippen MR) is 140 cm³/mol. The van der Waals surface area contributed by atoms with Crippen molar-refractivity contribution in [1.29, 1.82) is 0 Å². The van der Waals surface area contributed by atoms with Gasteiger partial charge in [-0.05, 0) is 74.6 Å². The zero-order valence-corrected chi connectivity index (χ0v) is 22.1. The van der Waals surface area contributed by atoms with Crippen molar-refractivity contribution in [3.05, 3.63) is 71.0 Å². The molecule has 0 radical (unpaired) electrons. The number of likely N-dealkylation sites (tertiary alicyclic amines) is 1. The van der Waals surface area contributed by atoms with Crippen LogP contribution in [0.1, 0.15) is 73.1 Å². The zero-order chi connectivity index (χ0) is 26.3. The van der Waals surface area contributed by atoms with Crippen LogP contribution < -0.4 is 4.74 Å². The van der Waals surface area contributed by atoms with Crippen molar-refractivity contribution in [2.45, 2.75) is 58.2 Å². The number of hydrogen-bond donors (Lipinski definition) is 1. The van der Waals surface area contributed by atoms with Crippen LogP contribution in [0.4, 0.5) is 4.79 Å². The summed E-state index contributed by atoms with van der Waals surface area (Å²) in [5, 5.41) is 6.98. The molecule has 2 aliphatic heterocycles. The topological polar surface area (TPSA) is 87.8 Å². The van der Waals surface area contributed by atoms with E-state index in [-0.39, 0.29) is 24.0 Å². The van der Waals surface area contributed by atoms with E-state index < -0.39 is 5.60 Å². The van der Waals surface area contributed by atoms with Gasteiger partial charge in [0.05, 0.1) is 19.3 Å². The van der Waals surface area contributed by atoms with E-state index >= 15 is 0 Å². The smallest absolute Gasteiger partial charge is 0.410 e. The summed E-state index contributed by atoms with van der Waals surface area (Å²) in [6.07, 6.45) is 4.13. The summed E-state index contributed by atoms with van der Waals surface area (Å²) < 4.78 is 11.0. The fraction of sp³-hybridized carbons (Fsp3) is 0.414. The van der Waals surface area contributed by atoms with Crippen LogP contribution in [0.2, 0.25) is 0 Å². The number of amides is 2. The number of ether oxygens (including phenoxy) is 2. The van der Waals surface area contributed by atoms with Gasteiger partial charge in [-0.1, -0.05) is 18.2 Å². The lowest BCUT2D eigenvalue weighted by molar-refractivity contribution is 0.0292.